The van der Waals surface area contributed by atoms with Crippen molar-refractivity contribution >= 4 is 28.2 Å². The Hall–Kier alpha value is -2.92. The number of carbonyl (C=O) groups is 1. The Morgan fingerprint density at radius 1 is 1.00 bits per heavy atom. The van der Waals surface area contributed by atoms with Crippen LogP contribution in [0.5, 0.6) is 0 Å². The van der Waals surface area contributed by atoms with Gasteiger partial charge in [0.1, 0.15) is 0 Å². The summed E-state index contributed by atoms with van der Waals surface area (Å²) < 4.78 is 0. The summed E-state index contributed by atoms with van der Waals surface area (Å²) in [5.74, 6) is 0.441. The predicted molar refractivity (Wildman–Crippen MR) is 118 cm³/mol. The van der Waals surface area contributed by atoms with Gasteiger partial charge in [-0.25, -0.2) is 0 Å². The molecule has 1 amide bonds. The number of anilines is 2. The highest BCUT2D eigenvalue weighted by molar-refractivity contribution is 6.13. The van der Waals surface area contributed by atoms with E-state index in [1.54, 1.807) is 0 Å². The van der Waals surface area contributed by atoms with Gasteiger partial charge in [0.15, 0.2) is 0 Å². The summed E-state index contributed by atoms with van der Waals surface area (Å²) in [6.07, 6.45) is 2.33. The Kier molecular flexibility index (Phi) is 4.68. The summed E-state index contributed by atoms with van der Waals surface area (Å²) >= 11 is 0. The molecule has 1 N–H and O–H groups in total. The number of likely N-dealkylation sites (N-methyl/N-ethyl adjacent to an activating group) is 1. The number of pyridine rings is 1. The largest absolute Gasteiger partial charge is 0.367 e. The van der Waals surface area contributed by atoms with Crippen molar-refractivity contribution in [2.45, 2.75) is 18.8 Å². The van der Waals surface area contributed by atoms with Gasteiger partial charge in [-0.1, -0.05) is 30.3 Å². The van der Waals surface area contributed by atoms with Crippen molar-refractivity contribution in [3.8, 4) is 0 Å². The molecule has 1 aromatic heterocycles. The molecule has 0 unspecified atom stereocenters. The van der Waals surface area contributed by atoms with Crippen molar-refractivity contribution in [2.75, 3.05) is 43.4 Å². The molecule has 5 nitrogen and oxygen atoms in total. The number of nitrogens with one attached hydrogen (secondary N) is 1. The number of benzene rings is 2. The smallest absolute Gasteiger partial charge is 0.256 e. The van der Waals surface area contributed by atoms with Gasteiger partial charge in [0.25, 0.3) is 5.91 Å². The van der Waals surface area contributed by atoms with Gasteiger partial charge < -0.3 is 15.1 Å². The zero-order chi connectivity index (χ0) is 19.8. The van der Waals surface area contributed by atoms with Gasteiger partial charge >= 0.3 is 0 Å². The fraction of sp³-hybridized carbons (Fsp3) is 0.333. The van der Waals surface area contributed by atoms with Crippen molar-refractivity contribution in [1.29, 1.82) is 0 Å². The van der Waals surface area contributed by atoms with Crippen LogP contribution in [0.3, 0.4) is 0 Å². The van der Waals surface area contributed by atoms with E-state index >= 15 is 0 Å². The van der Waals surface area contributed by atoms with Crippen LogP contribution in [0, 0.1) is 0 Å². The maximum absolute atomic E-state index is 13.3. The van der Waals surface area contributed by atoms with Crippen LogP contribution in [-0.4, -0.2) is 49.0 Å². The average Bonchev–Trinajstić information content (AvgIpc) is 3.59. The number of nitrogens with zero attached hydrogens (tertiary/aromatic N) is 3. The van der Waals surface area contributed by atoms with Crippen molar-refractivity contribution in [2.24, 2.45) is 0 Å². The number of piperazine rings is 1. The van der Waals surface area contributed by atoms with Gasteiger partial charge in [0.05, 0.1) is 22.5 Å². The molecule has 2 aliphatic rings. The number of amides is 1. The van der Waals surface area contributed by atoms with E-state index in [1.165, 1.54) is 12.8 Å². The van der Waals surface area contributed by atoms with E-state index in [9.17, 15) is 4.79 Å². The molecular formula is C24H26N4O. The highest BCUT2D eigenvalue weighted by Gasteiger charge is 2.27. The average molecular weight is 386 g/mol. The van der Waals surface area contributed by atoms with Crippen LogP contribution in [0.4, 0.5) is 11.4 Å². The molecule has 2 fully saturated rings. The third-order valence-electron chi connectivity index (χ3n) is 5.97. The lowest BCUT2D eigenvalue weighted by molar-refractivity contribution is 0.102. The Morgan fingerprint density at radius 2 is 1.72 bits per heavy atom. The van der Waals surface area contributed by atoms with Crippen LogP contribution in [0.1, 0.15) is 34.8 Å². The fourth-order valence-corrected chi connectivity index (χ4v) is 4.06. The van der Waals surface area contributed by atoms with Gasteiger partial charge in [-0.05, 0) is 44.2 Å². The normalized spacial score (nSPS) is 17.5. The molecule has 29 heavy (non-hydrogen) atoms. The molecule has 0 bridgehead atoms. The second kappa shape index (κ2) is 7.48. The van der Waals surface area contributed by atoms with Gasteiger partial charge in [0, 0.05) is 43.2 Å². The van der Waals surface area contributed by atoms with E-state index in [0.717, 1.165) is 54.2 Å². The maximum Gasteiger partial charge on any atom is 0.256 e. The summed E-state index contributed by atoms with van der Waals surface area (Å²) in [4.78, 5) is 22.8. The first kappa shape index (κ1) is 18.1. The fourth-order valence-electron chi connectivity index (χ4n) is 4.06. The molecule has 1 aliphatic heterocycles. The minimum atomic E-state index is -0.0629. The van der Waals surface area contributed by atoms with Crippen LogP contribution < -0.4 is 10.2 Å². The summed E-state index contributed by atoms with van der Waals surface area (Å²) in [6.45, 7) is 3.99. The van der Waals surface area contributed by atoms with Gasteiger partial charge in [-0.3, -0.25) is 9.78 Å². The molecule has 1 saturated heterocycles. The zero-order valence-corrected chi connectivity index (χ0v) is 16.8. The lowest BCUT2D eigenvalue weighted by atomic mass is 10.0. The molecule has 148 valence electrons. The van der Waals surface area contributed by atoms with Crippen LogP contribution in [-0.2, 0) is 0 Å². The van der Waals surface area contributed by atoms with Crippen molar-refractivity contribution in [3.63, 3.8) is 0 Å². The number of fused-ring (bicyclic) bond motifs is 1. The van der Waals surface area contributed by atoms with Crippen molar-refractivity contribution in [3.05, 3.63) is 65.9 Å². The molecule has 0 atom stereocenters. The molecule has 3 aromatic rings. The maximum atomic E-state index is 13.3. The Balaban J connectivity index is 1.47. The van der Waals surface area contributed by atoms with E-state index < -0.39 is 0 Å². The van der Waals surface area contributed by atoms with E-state index in [2.05, 4.69) is 28.2 Å². The van der Waals surface area contributed by atoms with Crippen molar-refractivity contribution < 1.29 is 4.79 Å². The number of hydrogen-bond donors (Lipinski definition) is 1. The first-order valence-electron chi connectivity index (χ1n) is 10.4. The standard InChI is InChI=1S/C24H26N4O/c1-27-12-14-28(15-13-27)23-9-5-4-8-21(23)26-24(29)19-16-22(17-10-11-17)25-20-7-3-2-6-18(19)20/h2-9,16-17H,10-15H2,1H3,(H,26,29). The van der Waals surface area contributed by atoms with E-state index in [-0.39, 0.29) is 5.91 Å². The Bertz CT molecular complexity index is 1050. The number of carbonyl (C=O) groups excluding carboxylic acids is 1. The number of para-hydroxylation sites is 3. The van der Waals surface area contributed by atoms with Crippen molar-refractivity contribution in [1.82, 2.24) is 9.88 Å². The minimum absolute atomic E-state index is 0.0629. The molecule has 2 aromatic carbocycles. The molecule has 1 aliphatic carbocycles. The molecule has 1 saturated carbocycles. The lowest BCUT2D eigenvalue weighted by Crippen LogP contribution is -2.44. The lowest BCUT2D eigenvalue weighted by Gasteiger charge is -2.35. The monoisotopic (exact) mass is 386 g/mol. The topological polar surface area (TPSA) is 48.5 Å². The second-order valence-corrected chi connectivity index (χ2v) is 8.15. The Labute approximate surface area is 171 Å². The quantitative estimate of drug-likeness (QED) is 0.733. The van der Waals surface area contributed by atoms with E-state index in [0.29, 0.717) is 11.5 Å². The molecule has 5 heteroatoms. The second-order valence-electron chi connectivity index (χ2n) is 8.15. The van der Waals surface area contributed by atoms with Crippen LogP contribution in [0.2, 0.25) is 0 Å². The number of rotatable bonds is 4. The SMILES string of the molecule is CN1CCN(c2ccccc2NC(=O)c2cc(C3CC3)nc3ccccc23)CC1. The summed E-state index contributed by atoms with van der Waals surface area (Å²) in [7, 11) is 2.15. The zero-order valence-electron chi connectivity index (χ0n) is 16.8. The summed E-state index contributed by atoms with van der Waals surface area (Å²) in [5.41, 5.74) is 4.62. The third kappa shape index (κ3) is 3.70. The third-order valence-corrected chi connectivity index (χ3v) is 5.97. The predicted octanol–water partition coefficient (Wildman–Crippen LogP) is 4.12. The minimum Gasteiger partial charge on any atom is -0.367 e. The number of aromatic nitrogens is 1. The molecular weight excluding hydrogens is 360 g/mol. The van der Waals surface area contributed by atoms with Crippen LogP contribution in [0.15, 0.2) is 54.6 Å². The molecule has 5 rings (SSSR count). The first-order valence-corrected chi connectivity index (χ1v) is 10.4. The summed E-state index contributed by atoms with van der Waals surface area (Å²) in [6, 6.07) is 18.0. The van der Waals surface area contributed by atoms with Gasteiger partial charge in [-0.15, -0.1) is 0 Å². The Morgan fingerprint density at radius 3 is 2.52 bits per heavy atom. The molecule has 0 radical (unpaired) electrons. The number of hydrogen-bond acceptors (Lipinski definition) is 4. The van der Waals surface area contributed by atoms with E-state index in [1.807, 2.05) is 48.5 Å². The highest BCUT2D eigenvalue weighted by Crippen LogP contribution is 2.40. The highest BCUT2D eigenvalue weighted by atomic mass is 16.1. The van der Waals surface area contributed by atoms with Crippen LogP contribution >= 0.6 is 0 Å². The van der Waals surface area contributed by atoms with E-state index in [4.69, 9.17) is 4.98 Å². The van der Waals surface area contributed by atoms with Gasteiger partial charge in [-0.2, -0.15) is 0 Å². The summed E-state index contributed by atoms with van der Waals surface area (Å²) in [5, 5.41) is 4.10. The van der Waals surface area contributed by atoms with Crippen LogP contribution in [0.25, 0.3) is 10.9 Å². The molecule has 2 heterocycles. The van der Waals surface area contributed by atoms with Gasteiger partial charge in [0.2, 0.25) is 0 Å². The first-order chi connectivity index (χ1) is 14.2. The molecule has 0 spiro atoms.